The zero-order chi connectivity index (χ0) is 32.8. The highest BCUT2D eigenvalue weighted by molar-refractivity contribution is 9.10. The molecule has 0 heterocycles. The summed E-state index contributed by atoms with van der Waals surface area (Å²) in [5.74, 6) is -0.819. The van der Waals surface area contributed by atoms with Crippen LogP contribution in [0, 0.1) is 13.8 Å². The van der Waals surface area contributed by atoms with Gasteiger partial charge in [-0.15, -0.1) is 0 Å². The Labute approximate surface area is 275 Å². The molecule has 0 saturated carbocycles. The van der Waals surface area contributed by atoms with Crippen LogP contribution in [0.15, 0.2) is 112 Å². The van der Waals surface area contributed by atoms with Gasteiger partial charge in [-0.25, -0.2) is 8.42 Å². The summed E-state index contributed by atoms with van der Waals surface area (Å²) in [6, 6.07) is 29.7. The first kappa shape index (κ1) is 33.9. The van der Waals surface area contributed by atoms with E-state index in [0.717, 1.165) is 31.0 Å². The molecule has 7 nitrogen and oxygen atoms in total. The number of halogens is 1. The van der Waals surface area contributed by atoms with Crippen molar-refractivity contribution in [2.45, 2.75) is 64.1 Å². The second kappa shape index (κ2) is 14.4. The Morgan fingerprint density at radius 3 is 2.04 bits per heavy atom. The van der Waals surface area contributed by atoms with Gasteiger partial charge >= 0.3 is 0 Å². The average molecular weight is 691 g/mol. The summed E-state index contributed by atoms with van der Waals surface area (Å²) in [6.45, 7) is 9.02. The SMILES string of the molecule is Cc1ccc(S(=O)(=O)N(CC(=O)N(Cc2ccc(Br)cc2)[C@H](Cc2ccccc2)C(=O)NC(C)(C)C)c2cccc(C)c2)cc1. The van der Waals surface area contributed by atoms with Crippen molar-refractivity contribution in [3.05, 3.63) is 130 Å². The lowest BCUT2D eigenvalue weighted by Gasteiger charge is -2.35. The topological polar surface area (TPSA) is 86.8 Å². The second-order valence-electron chi connectivity index (χ2n) is 12.3. The molecule has 45 heavy (non-hydrogen) atoms. The monoisotopic (exact) mass is 689 g/mol. The maximum absolute atomic E-state index is 14.5. The molecule has 4 rings (SSSR count). The Balaban J connectivity index is 1.81. The van der Waals surface area contributed by atoms with E-state index >= 15 is 0 Å². The molecule has 0 fully saturated rings. The molecule has 0 aliphatic carbocycles. The molecule has 0 unspecified atom stereocenters. The Morgan fingerprint density at radius 1 is 0.800 bits per heavy atom. The van der Waals surface area contributed by atoms with Gasteiger partial charge in [0.15, 0.2) is 0 Å². The summed E-state index contributed by atoms with van der Waals surface area (Å²) in [5, 5.41) is 3.05. The van der Waals surface area contributed by atoms with Gasteiger partial charge in [0, 0.05) is 23.0 Å². The minimum absolute atomic E-state index is 0.0770. The van der Waals surface area contributed by atoms with E-state index < -0.39 is 34.1 Å². The fourth-order valence-corrected chi connectivity index (χ4v) is 6.61. The Bertz CT molecular complexity index is 1720. The third-order valence-electron chi connectivity index (χ3n) is 7.21. The van der Waals surface area contributed by atoms with Crippen LogP contribution in [0.3, 0.4) is 0 Å². The fourth-order valence-electron chi connectivity index (χ4n) is 4.94. The number of amides is 2. The van der Waals surface area contributed by atoms with E-state index in [0.29, 0.717) is 5.69 Å². The molecule has 0 bridgehead atoms. The molecule has 0 spiro atoms. The first-order valence-electron chi connectivity index (χ1n) is 14.8. The van der Waals surface area contributed by atoms with Crippen molar-refractivity contribution in [3.8, 4) is 0 Å². The third kappa shape index (κ3) is 9.28. The van der Waals surface area contributed by atoms with Gasteiger partial charge < -0.3 is 10.2 Å². The number of carbonyl (C=O) groups is 2. The quantitative estimate of drug-likeness (QED) is 0.187. The molecule has 0 saturated heterocycles. The first-order chi connectivity index (χ1) is 21.2. The van der Waals surface area contributed by atoms with Crippen molar-refractivity contribution < 1.29 is 18.0 Å². The lowest BCUT2D eigenvalue weighted by molar-refractivity contribution is -0.140. The number of hydrogen-bond acceptors (Lipinski definition) is 4. The van der Waals surface area contributed by atoms with Crippen molar-refractivity contribution in [2.24, 2.45) is 0 Å². The summed E-state index contributed by atoms with van der Waals surface area (Å²) in [7, 11) is -4.15. The number of aryl methyl sites for hydroxylation is 2. The predicted octanol–water partition coefficient (Wildman–Crippen LogP) is 6.82. The molecule has 0 aromatic heterocycles. The average Bonchev–Trinajstić information content (AvgIpc) is 2.98. The molecule has 236 valence electrons. The normalized spacial score (nSPS) is 12.3. The van der Waals surface area contributed by atoms with Gasteiger partial charge in [-0.05, 0) is 87.7 Å². The van der Waals surface area contributed by atoms with E-state index in [1.807, 2.05) is 95.3 Å². The van der Waals surface area contributed by atoms with E-state index in [9.17, 15) is 18.0 Å². The van der Waals surface area contributed by atoms with Crippen molar-refractivity contribution >= 4 is 43.5 Å². The molecule has 9 heteroatoms. The maximum atomic E-state index is 14.5. The van der Waals surface area contributed by atoms with E-state index in [4.69, 9.17) is 0 Å². The van der Waals surface area contributed by atoms with Crippen LogP contribution >= 0.6 is 15.9 Å². The van der Waals surface area contributed by atoms with Gasteiger partial charge in [0.1, 0.15) is 12.6 Å². The Kier molecular flexibility index (Phi) is 10.9. The Hall–Kier alpha value is -3.95. The van der Waals surface area contributed by atoms with Crippen LogP contribution in [-0.4, -0.2) is 43.3 Å². The number of hydrogen-bond donors (Lipinski definition) is 1. The van der Waals surface area contributed by atoms with Crippen molar-refractivity contribution in [2.75, 3.05) is 10.8 Å². The van der Waals surface area contributed by atoms with Crippen molar-refractivity contribution in [1.82, 2.24) is 10.2 Å². The minimum atomic E-state index is -4.15. The van der Waals surface area contributed by atoms with Crippen LogP contribution in [0.25, 0.3) is 0 Å². The van der Waals surface area contributed by atoms with Crippen LogP contribution < -0.4 is 9.62 Å². The van der Waals surface area contributed by atoms with E-state index in [-0.39, 0.29) is 23.8 Å². The number of carbonyl (C=O) groups excluding carboxylic acids is 2. The van der Waals surface area contributed by atoms with Crippen molar-refractivity contribution in [3.63, 3.8) is 0 Å². The van der Waals surface area contributed by atoms with Crippen LogP contribution in [-0.2, 0) is 32.6 Å². The van der Waals surface area contributed by atoms with Gasteiger partial charge in [-0.1, -0.05) is 88.2 Å². The summed E-state index contributed by atoms with van der Waals surface area (Å²) in [6.07, 6.45) is 0.250. The van der Waals surface area contributed by atoms with Crippen LogP contribution in [0.5, 0.6) is 0 Å². The fraction of sp³-hybridized carbons (Fsp3) is 0.278. The first-order valence-corrected chi connectivity index (χ1v) is 17.0. The molecule has 0 aliphatic heterocycles. The summed E-state index contributed by atoms with van der Waals surface area (Å²) in [5.41, 5.74) is 3.26. The van der Waals surface area contributed by atoms with E-state index in [1.54, 1.807) is 42.5 Å². The number of anilines is 1. The number of nitrogens with zero attached hydrogens (tertiary/aromatic N) is 2. The molecular weight excluding hydrogens is 650 g/mol. The van der Waals surface area contributed by atoms with Gasteiger partial charge in [0.25, 0.3) is 10.0 Å². The summed E-state index contributed by atoms with van der Waals surface area (Å²) in [4.78, 5) is 30.1. The largest absolute Gasteiger partial charge is 0.350 e. The molecule has 4 aromatic carbocycles. The number of rotatable bonds is 11. The van der Waals surface area contributed by atoms with Gasteiger partial charge in [0.2, 0.25) is 11.8 Å². The Morgan fingerprint density at radius 2 is 1.44 bits per heavy atom. The van der Waals surface area contributed by atoms with Crippen LogP contribution in [0.2, 0.25) is 0 Å². The molecular formula is C36H40BrN3O4S. The minimum Gasteiger partial charge on any atom is -0.350 e. The lowest BCUT2D eigenvalue weighted by Crippen LogP contribution is -2.56. The van der Waals surface area contributed by atoms with Crippen LogP contribution in [0.1, 0.15) is 43.0 Å². The highest BCUT2D eigenvalue weighted by Crippen LogP contribution is 2.26. The summed E-state index contributed by atoms with van der Waals surface area (Å²) < 4.78 is 30.3. The van der Waals surface area contributed by atoms with E-state index in [2.05, 4.69) is 21.2 Å². The lowest BCUT2D eigenvalue weighted by atomic mass is 10.0. The molecule has 0 aliphatic rings. The molecule has 0 radical (unpaired) electrons. The maximum Gasteiger partial charge on any atom is 0.264 e. The van der Waals surface area contributed by atoms with E-state index in [1.165, 1.54) is 4.90 Å². The van der Waals surface area contributed by atoms with Crippen molar-refractivity contribution in [1.29, 1.82) is 0 Å². The second-order valence-corrected chi connectivity index (χ2v) is 15.0. The standard InChI is InChI=1S/C36H40BrN3O4S/c1-26-14-20-32(21-15-26)45(43,44)40(31-13-9-10-27(2)22-31)25-34(41)39(24-29-16-18-30(37)19-17-29)33(35(42)38-36(3,4)5)23-28-11-7-6-8-12-28/h6-22,33H,23-25H2,1-5H3,(H,38,42)/t33-/m1/s1. The van der Waals surface area contributed by atoms with Gasteiger partial charge in [0.05, 0.1) is 10.6 Å². The molecule has 4 aromatic rings. The highest BCUT2D eigenvalue weighted by Gasteiger charge is 2.35. The zero-order valence-electron chi connectivity index (χ0n) is 26.3. The van der Waals surface area contributed by atoms with Gasteiger partial charge in [-0.2, -0.15) is 0 Å². The molecule has 1 atom stereocenters. The van der Waals surface area contributed by atoms with Crippen LogP contribution in [0.4, 0.5) is 5.69 Å². The molecule has 2 amide bonds. The number of nitrogens with one attached hydrogen (secondary N) is 1. The summed E-state index contributed by atoms with van der Waals surface area (Å²) >= 11 is 3.46. The predicted molar refractivity (Wildman–Crippen MR) is 183 cm³/mol. The zero-order valence-corrected chi connectivity index (χ0v) is 28.7. The smallest absolute Gasteiger partial charge is 0.264 e. The molecule has 1 N–H and O–H groups in total. The third-order valence-corrected chi connectivity index (χ3v) is 9.53. The number of benzene rings is 4. The highest BCUT2D eigenvalue weighted by atomic mass is 79.9. The van der Waals surface area contributed by atoms with Gasteiger partial charge in [-0.3, -0.25) is 13.9 Å². The number of sulfonamides is 1.